The summed E-state index contributed by atoms with van der Waals surface area (Å²) in [5, 5.41) is 6.96. The summed E-state index contributed by atoms with van der Waals surface area (Å²) < 4.78 is 0. The van der Waals surface area contributed by atoms with Crippen LogP contribution < -0.4 is 10.6 Å². The van der Waals surface area contributed by atoms with Crippen molar-refractivity contribution < 1.29 is 4.79 Å². The van der Waals surface area contributed by atoms with Gasteiger partial charge in [0.2, 0.25) is 0 Å². The van der Waals surface area contributed by atoms with E-state index in [4.69, 9.17) is 11.6 Å². The van der Waals surface area contributed by atoms with Crippen LogP contribution in [0.5, 0.6) is 0 Å². The largest absolute Gasteiger partial charge is 0.383 e. The monoisotopic (exact) mass is 379 g/mol. The topological polar surface area (TPSA) is 54.0 Å². The van der Waals surface area contributed by atoms with Crippen molar-refractivity contribution in [2.45, 2.75) is 12.8 Å². The number of carbonyl (C=O) groups is 1. The Bertz CT molecular complexity index is 849. The van der Waals surface area contributed by atoms with Gasteiger partial charge in [0.25, 0.3) is 5.91 Å². The third kappa shape index (κ3) is 6.12. The van der Waals surface area contributed by atoms with Crippen LogP contribution in [0, 0.1) is 0 Å². The van der Waals surface area contributed by atoms with E-state index in [2.05, 4.69) is 27.8 Å². The van der Waals surface area contributed by atoms with E-state index in [1.54, 1.807) is 12.3 Å². The SMILES string of the molecule is O=C(NCCc1ccccc1)c1ccc(NCCc2ccc(Cl)cc2)cn1. The van der Waals surface area contributed by atoms with Crippen LogP contribution in [0.2, 0.25) is 5.02 Å². The zero-order valence-corrected chi connectivity index (χ0v) is 15.7. The maximum atomic E-state index is 12.2. The van der Waals surface area contributed by atoms with Crippen LogP contribution in [0.4, 0.5) is 5.69 Å². The lowest BCUT2D eigenvalue weighted by molar-refractivity contribution is 0.0949. The Balaban J connectivity index is 1.42. The lowest BCUT2D eigenvalue weighted by Gasteiger charge is -2.08. The summed E-state index contributed by atoms with van der Waals surface area (Å²) in [4.78, 5) is 16.4. The molecular weight excluding hydrogens is 358 g/mol. The van der Waals surface area contributed by atoms with Gasteiger partial charge in [0.05, 0.1) is 11.9 Å². The summed E-state index contributed by atoms with van der Waals surface area (Å²) in [7, 11) is 0. The minimum absolute atomic E-state index is 0.154. The van der Waals surface area contributed by atoms with Crippen molar-refractivity contribution in [1.29, 1.82) is 0 Å². The van der Waals surface area contributed by atoms with E-state index in [1.165, 1.54) is 11.1 Å². The first-order valence-corrected chi connectivity index (χ1v) is 9.35. The van der Waals surface area contributed by atoms with Crippen LogP contribution in [-0.2, 0) is 12.8 Å². The summed E-state index contributed by atoms with van der Waals surface area (Å²) in [6, 6.07) is 21.5. The highest BCUT2D eigenvalue weighted by Gasteiger charge is 2.06. The summed E-state index contributed by atoms with van der Waals surface area (Å²) in [6.45, 7) is 1.37. The fourth-order valence-corrected chi connectivity index (χ4v) is 2.82. The van der Waals surface area contributed by atoms with Crippen LogP contribution in [0.25, 0.3) is 0 Å². The first-order chi connectivity index (χ1) is 13.2. The van der Waals surface area contributed by atoms with E-state index < -0.39 is 0 Å². The minimum atomic E-state index is -0.154. The van der Waals surface area contributed by atoms with Crippen molar-refractivity contribution in [3.8, 4) is 0 Å². The molecule has 0 atom stereocenters. The molecule has 1 heterocycles. The lowest BCUT2D eigenvalue weighted by atomic mass is 10.1. The molecule has 2 aromatic carbocycles. The van der Waals surface area contributed by atoms with Gasteiger partial charge in [-0.3, -0.25) is 4.79 Å². The molecule has 5 heteroatoms. The normalized spacial score (nSPS) is 10.4. The Morgan fingerprint density at radius 2 is 1.56 bits per heavy atom. The van der Waals surface area contributed by atoms with Gasteiger partial charge in [0.15, 0.2) is 0 Å². The number of anilines is 1. The molecule has 0 aliphatic heterocycles. The molecule has 3 aromatic rings. The number of hydrogen-bond acceptors (Lipinski definition) is 3. The Kier molecular flexibility index (Phi) is 6.83. The summed E-state index contributed by atoms with van der Waals surface area (Å²) in [6.07, 6.45) is 3.38. The number of halogens is 1. The number of benzene rings is 2. The van der Waals surface area contributed by atoms with E-state index in [0.717, 1.165) is 30.1 Å². The molecule has 0 spiro atoms. The Hall–Kier alpha value is -2.85. The molecule has 0 saturated heterocycles. The van der Waals surface area contributed by atoms with Gasteiger partial charge in [-0.25, -0.2) is 4.98 Å². The fraction of sp³-hybridized carbons (Fsp3) is 0.182. The number of carbonyl (C=O) groups excluding carboxylic acids is 1. The Morgan fingerprint density at radius 1 is 0.852 bits per heavy atom. The highest BCUT2D eigenvalue weighted by atomic mass is 35.5. The number of pyridine rings is 1. The van der Waals surface area contributed by atoms with E-state index in [0.29, 0.717) is 12.2 Å². The molecular formula is C22H22ClN3O. The number of nitrogens with zero attached hydrogens (tertiary/aromatic N) is 1. The van der Waals surface area contributed by atoms with Crippen molar-refractivity contribution in [2.75, 3.05) is 18.4 Å². The lowest BCUT2D eigenvalue weighted by Crippen LogP contribution is -2.26. The first-order valence-electron chi connectivity index (χ1n) is 8.97. The summed E-state index contributed by atoms with van der Waals surface area (Å²) in [5.74, 6) is -0.154. The quantitative estimate of drug-likeness (QED) is 0.611. The molecule has 1 aromatic heterocycles. The molecule has 0 radical (unpaired) electrons. The van der Waals surface area contributed by atoms with E-state index in [-0.39, 0.29) is 5.91 Å². The minimum Gasteiger partial charge on any atom is -0.383 e. The molecule has 27 heavy (non-hydrogen) atoms. The molecule has 0 saturated carbocycles. The fourth-order valence-electron chi connectivity index (χ4n) is 2.69. The van der Waals surface area contributed by atoms with Gasteiger partial charge in [0.1, 0.15) is 5.69 Å². The molecule has 2 N–H and O–H groups in total. The standard InChI is InChI=1S/C22H22ClN3O/c23-19-8-6-18(7-9-19)12-14-24-20-10-11-21(26-16-20)22(27)25-15-13-17-4-2-1-3-5-17/h1-11,16,24H,12-15H2,(H,25,27). The van der Waals surface area contributed by atoms with Crippen molar-refractivity contribution >= 4 is 23.2 Å². The Morgan fingerprint density at radius 3 is 2.26 bits per heavy atom. The predicted octanol–water partition coefficient (Wildman–Crippen LogP) is 4.36. The maximum absolute atomic E-state index is 12.2. The Labute approximate surface area is 164 Å². The van der Waals surface area contributed by atoms with Gasteiger partial charge in [-0.2, -0.15) is 0 Å². The van der Waals surface area contributed by atoms with Gasteiger partial charge in [-0.1, -0.05) is 54.1 Å². The molecule has 0 aliphatic rings. The average Bonchev–Trinajstić information content (AvgIpc) is 2.71. The number of nitrogens with one attached hydrogen (secondary N) is 2. The number of aromatic nitrogens is 1. The zero-order chi connectivity index (χ0) is 18.9. The highest BCUT2D eigenvalue weighted by molar-refractivity contribution is 6.30. The summed E-state index contributed by atoms with van der Waals surface area (Å²) in [5.41, 5.74) is 3.73. The molecule has 0 fully saturated rings. The zero-order valence-electron chi connectivity index (χ0n) is 15.0. The smallest absolute Gasteiger partial charge is 0.269 e. The second-order valence-electron chi connectivity index (χ2n) is 6.23. The number of rotatable bonds is 8. The van der Waals surface area contributed by atoms with E-state index in [9.17, 15) is 4.79 Å². The molecule has 0 unspecified atom stereocenters. The second-order valence-corrected chi connectivity index (χ2v) is 6.66. The second kappa shape index (κ2) is 9.74. The average molecular weight is 380 g/mol. The van der Waals surface area contributed by atoms with Crippen molar-refractivity contribution in [3.05, 3.63) is 94.8 Å². The van der Waals surface area contributed by atoms with Crippen LogP contribution in [0.1, 0.15) is 21.6 Å². The number of hydrogen-bond donors (Lipinski definition) is 2. The summed E-state index contributed by atoms with van der Waals surface area (Å²) >= 11 is 5.89. The molecule has 4 nitrogen and oxygen atoms in total. The van der Waals surface area contributed by atoms with Gasteiger partial charge in [-0.05, 0) is 48.2 Å². The molecule has 0 bridgehead atoms. The van der Waals surface area contributed by atoms with Gasteiger partial charge < -0.3 is 10.6 Å². The van der Waals surface area contributed by atoms with Crippen LogP contribution in [0.3, 0.4) is 0 Å². The maximum Gasteiger partial charge on any atom is 0.269 e. The van der Waals surface area contributed by atoms with Crippen molar-refractivity contribution in [3.63, 3.8) is 0 Å². The van der Waals surface area contributed by atoms with Crippen molar-refractivity contribution in [2.24, 2.45) is 0 Å². The third-order valence-corrected chi connectivity index (χ3v) is 4.45. The molecule has 1 amide bonds. The number of amides is 1. The van der Waals surface area contributed by atoms with Crippen LogP contribution >= 0.6 is 11.6 Å². The van der Waals surface area contributed by atoms with E-state index >= 15 is 0 Å². The van der Waals surface area contributed by atoms with Crippen molar-refractivity contribution in [1.82, 2.24) is 10.3 Å². The van der Waals surface area contributed by atoms with Crippen LogP contribution in [-0.4, -0.2) is 24.0 Å². The van der Waals surface area contributed by atoms with Crippen LogP contribution in [0.15, 0.2) is 72.9 Å². The first kappa shape index (κ1) is 18.9. The molecule has 3 rings (SSSR count). The van der Waals surface area contributed by atoms with E-state index in [1.807, 2.05) is 48.5 Å². The van der Waals surface area contributed by atoms with Gasteiger partial charge in [-0.15, -0.1) is 0 Å². The predicted molar refractivity (Wildman–Crippen MR) is 110 cm³/mol. The van der Waals surface area contributed by atoms with Gasteiger partial charge >= 0.3 is 0 Å². The third-order valence-electron chi connectivity index (χ3n) is 4.19. The highest BCUT2D eigenvalue weighted by Crippen LogP contribution is 2.11. The van der Waals surface area contributed by atoms with Gasteiger partial charge in [0, 0.05) is 18.1 Å². The molecule has 138 valence electrons. The molecule has 0 aliphatic carbocycles.